The lowest BCUT2D eigenvalue weighted by Gasteiger charge is -2.17. The third kappa shape index (κ3) is 3.13. The van der Waals surface area contributed by atoms with Crippen LogP contribution in [0, 0.1) is 11.3 Å². The lowest BCUT2D eigenvalue weighted by Crippen LogP contribution is -2.23. The topological polar surface area (TPSA) is 87.0 Å². The van der Waals surface area contributed by atoms with Gasteiger partial charge < -0.3 is 5.32 Å². The summed E-state index contributed by atoms with van der Waals surface area (Å²) in [7, 11) is -2.31. The van der Waals surface area contributed by atoms with E-state index < -0.39 is 15.7 Å². The van der Waals surface area contributed by atoms with Crippen LogP contribution < -0.4 is 5.32 Å². The standard InChI is InChI=1S/C18H20N2O3S/c1-4-5-8-13-12-9-6-7-10-14(12)16(18(21)20-2)17(15(13)11-19)24(3,22)23/h6-7,9-10H,4-5,8H2,1-3H3,(H,20,21). The molecule has 0 aliphatic heterocycles. The van der Waals surface area contributed by atoms with Gasteiger partial charge in [-0.15, -0.1) is 0 Å². The molecule has 0 atom stereocenters. The Morgan fingerprint density at radius 1 is 1.25 bits per heavy atom. The Labute approximate surface area is 142 Å². The largest absolute Gasteiger partial charge is 0.355 e. The van der Waals surface area contributed by atoms with E-state index in [0.717, 1.165) is 24.5 Å². The molecule has 0 aromatic heterocycles. The number of sulfone groups is 1. The summed E-state index contributed by atoms with van der Waals surface area (Å²) in [5.74, 6) is -0.509. The second kappa shape index (κ2) is 7.02. The monoisotopic (exact) mass is 344 g/mol. The molecule has 2 aromatic carbocycles. The van der Waals surface area contributed by atoms with Crippen molar-refractivity contribution in [2.75, 3.05) is 13.3 Å². The molecule has 0 aliphatic carbocycles. The number of nitrogens with zero attached hydrogens (tertiary/aromatic N) is 1. The van der Waals surface area contributed by atoms with E-state index in [2.05, 4.69) is 5.32 Å². The zero-order valence-corrected chi connectivity index (χ0v) is 14.8. The molecule has 0 spiro atoms. The molecule has 0 unspecified atom stereocenters. The maximum atomic E-state index is 12.4. The Kier molecular flexibility index (Phi) is 5.25. The van der Waals surface area contributed by atoms with Crippen LogP contribution in [0.25, 0.3) is 10.8 Å². The number of aryl methyl sites for hydroxylation is 1. The van der Waals surface area contributed by atoms with Gasteiger partial charge in [-0.3, -0.25) is 4.79 Å². The van der Waals surface area contributed by atoms with Crippen LogP contribution in [0.2, 0.25) is 0 Å². The SMILES string of the molecule is CCCCc1c(C#N)c(S(C)(=O)=O)c(C(=O)NC)c2ccccc12. The Bertz CT molecular complexity index is 941. The number of nitriles is 1. The van der Waals surface area contributed by atoms with Crippen LogP contribution in [0.1, 0.15) is 41.3 Å². The van der Waals surface area contributed by atoms with E-state index >= 15 is 0 Å². The quantitative estimate of drug-likeness (QED) is 0.903. The smallest absolute Gasteiger partial charge is 0.253 e. The molecule has 0 saturated heterocycles. The molecule has 0 aliphatic rings. The average Bonchev–Trinajstić information content (AvgIpc) is 2.56. The van der Waals surface area contributed by atoms with Crippen LogP contribution in [0.4, 0.5) is 0 Å². The third-order valence-electron chi connectivity index (χ3n) is 3.99. The van der Waals surface area contributed by atoms with Gasteiger partial charge in [-0.2, -0.15) is 5.26 Å². The molecule has 0 saturated carbocycles. The number of carbonyl (C=O) groups excluding carboxylic acids is 1. The number of fused-ring (bicyclic) bond motifs is 1. The summed E-state index contributed by atoms with van der Waals surface area (Å²) in [6.45, 7) is 2.03. The molecule has 0 radical (unpaired) electrons. The van der Waals surface area contributed by atoms with E-state index in [4.69, 9.17) is 0 Å². The molecule has 126 valence electrons. The van der Waals surface area contributed by atoms with Crippen molar-refractivity contribution in [3.8, 4) is 6.07 Å². The van der Waals surface area contributed by atoms with E-state index in [-0.39, 0.29) is 16.0 Å². The van der Waals surface area contributed by atoms with Gasteiger partial charge in [0.25, 0.3) is 5.91 Å². The first-order chi connectivity index (χ1) is 11.4. The van der Waals surface area contributed by atoms with Crippen molar-refractivity contribution in [2.45, 2.75) is 31.1 Å². The summed E-state index contributed by atoms with van der Waals surface area (Å²) in [6.07, 6.45) is 3.39. The summed E-state index contributed by atoms with van der Waals surface area (Å²) in [4.78, 5) is 12.2. The highest BCUT2D eigenvalue weighted by molar-refractivity contribution is 7.90. The number of unbranched alkanes of at least 4 members (excludes halogenated alkanes) is 1. The molecule has 2 aromatic rings. The summed E-state index contributed by atoms with van der Waals surface area (Å²) in [5, 5.41) is 13.5. The van der Waals surface area contributed by atoms with Gasteiger partial charge in [-0.05, 0) is 29.2 Å². The summed E-state index contributed by atoms with van der Waals surface area (Å²) in [5.41, 5.74) is 0.832. The van der Waals surface area contributed by atoms with Gasteiger partial charge in [-0.1, -0.05) is 37.6 Å². The van der Waals surface area contributed by atoms with Gasteiger partial charge >= 0.3 is 0 Å². The van der Waals surface area contributed by atoms with Gasteiger partial charge in [0.05, 0.1) is 16.0 Å². The van der Waals surface area contributed by atoms with Crippen LogP contribution >= 0.6 is 0 Å². The maximum absolute atomic E-state index is 12.4. The number of amides is 1. The number of rotatable bonds is 5. The predicted molar refractivity (Wildman–Crippen MR) is 93.8 cm³/mol. The zero-order valence-electron chi connectivity index (χ0n) is 14.0. The minimum Gasteiger partial charge on any atom is -0.355 e. The molecule has 2 rings (SSSR count). The van der Waals surface area contributed by atoms with E-state index in [9.17, 15) is 18.5 Å². The highest BCUT2D eigenvalue weighted by atomic mass is 32.2. The molecule has 5 nitrogen and oxygen atoms in total. The second-order valence-corrected chi connectivity index (χ2v) is 7.62. The fraction of sp³-hybridized carbons (Fsp3) is 0.333. The van der Waals surface area contributed by atoms with Crippen molar-refractivity contribution < 1.29 is 13.2 Å². The fourth-order valence-corrected chi connectivity index (χ4v) is 4.05. The molecule has 0 heterocycles. The number of nitrogens with one attached hydrogen (secondary N) is 1. The molecule has 1 amide bonds. The highest BCUT2D eigenvalue weighted by Crippen LogP contribution is 2.34. The lowest BCUT2D eigenvalue weighted by atomic mass is 9.91. The highest BCUT2D eigenvalue weighted by Gasteiger charge is 2.28. The van der Waals surface area contributed by atoms with Gasteiger partial charge in [-0.25, -0.2) is 8.42 Å². The molecule has 0 bridgehead atoms. The summed E-state index contributed by atoms with van der Waals surface area (Å²) >= 11 is 0. The van der Waals surface area contributed by atoms with Crippen molar-refractivity contribution in [3.63, 3.8) is 0 Å². The summed E-state index contributed by atoms with van der Waals surface area (Å²) in [6, 6.07) is 9.18. The molecule has 6 heteroatoms. The van der Waals surface area contributed by atoms with Crippen LogP contribution in [-0.4, -0.2) is 27.6 Å². The minimum absolute atomic E-state index is 0.0485. The first-order valence-corrected chi connectivity index (χ1v) is 9.65. The van der Waals surface area contributed by atoms with E-state index in [0.29, 0.717) is 17.4 Å². The number of benzene rings is 2. The van der Waals surface area contributed by atoms with Crippen LogP contribution in [0.15, 0.2) is 29.2 Å². The van der Waals surface area contributed by atoms with Gasteiger partial charge in [0, 0.05) is 13.3 Å². The predicted octanol–water partition coefficient (Wildman–Crippen LogP) is 2.82. The fourth-order valence-electron chi connectivity index (χ4n) is 2.94. The van der Waals surface area contributed by atoms with E-state index in [1.807, 2.05) is 25.1 Å². The van der Waals surface area contributed by atoms with Crippen molar-refractivity contribution in [2.24, 2.45) is 0 Å². The Hall–Kier alpha value is -2.39. The zero-order chi connectivity index (χ0) is 17.9. The minimum atomic E-state index is -3.75. The van der Waals surface area contributed by atoms with Crippen LogP contribution in [-0.2, 0) is 16.3 Å². The van der Waals surface area contributed by atoms with Crippen molar-refractivity contribution in [3.05, 3.63) is 41.0 Å². The Morgan fingerprint density at radius 3 is 2.38 bits per heavy atom. The molecular formula is C18H20N2O3S. The first kappa shape index (κ1) is 18.0. The van der Waals surface area contributed by atoms with Gasteiger partial charge in [0.1, 0.15) is 6.07 Å². The van der Waals surface area contributed by atoms with Crippen molar-refractivity contribution in [1.82, 2.24) is 5.32 Å². The second-order valence-electron chi connectivity index (χ2n) is 5.67. The molecule has 1 N–H and O–H groups in total. The van der Waals surface area contributed by atoms with E-state index in [1.54, 1.807) is 12.1 Å². The van der Waals surface area contributed by atoms with Crippen molar-refractivity contribution >= 4 is 26.5 Å². The molecule has 0 fully saturated rings. The van der Waals surface area contributed by atoms with Crippen LogP contribution in [0.5, 0.6) is 0 Å². The Morgan fingerprint density at radius 2 is 1.88 bits per heavy atom. The third-order valence-corrected chi connectivity index (χ3v) is 5.14. The maximum Gasteiger partial charge on any atom is 0.253 e. The lowest BCUT2D eigenvalue weighted by molar-refractivity contribution is 0.0961. The van der Waals surface area contributed by atoms with Crippen LogP contribution in [0.3, 0.4) is 0 Å². The first-order valence-electron chi connectivity index (χ1n) is 7.76. The molecule has 24 heavy (non-hydrogen) atoms. The number of carbonyl (C=O) groups is 1. The normalized spacial score (nSPS) is 11.2. The van der Waals surface area contributed by atoms with Gasteiger partial charge in [0.15, 0.2) is 9.84 Å². The number of hydrogen-bond donors (Lipinski definition) is 1. The number of hydrogen-bond acceptors (Lipinski definition) is 4. The molecular weight excluding hydrogens is 324 g/mol. The van der Waals surface area contributed by atoms with Crippen molar-refractivity contribution in [1.29, 1.82) is 5.26 Å². The Balaban J connectivity index is 3.09. The van der Waals surface area contributed by atoms with E-state index in [1.165, 1.54) is 7.05 Å². The summed E-state index contributed by atoms with van der Waals surface area (Å²) < 4.78 is 24.8. The average molecular weight is 344 g/mol. The van der Waals surface area contributed by atoms with Gasteiger partial charge in [0.2, 0.25) is 0 Å².